The molecule has 1 N–H and O–H groups in total. The predicted molar refractivity (Wildman–Crippen MR) is 115 cm³/mol. The van der Waals surface area contributed by atoms with E-state index >= 15 is 0 Å². The smallest absolute Gasteiger partial charge is 0.872 e. The largest absolute Gasteiger partial charge is 4.00 e. The SMILES string of the molecule is [Fe+4].[N-]=[N+]=[N-].[O-]c1ccc(Br)cc1C=NCCNCCN=Cc1cc(Br)ccc1[O-]. The summed E-state index contributed by atoms with van der Waals surface area (Å²) in [5.74, 6) is -0.0842. The quantitative estimate of drug-likeness (QED) is 0.131. The van der Waals surface area contributed by atoms with Crippen LogP contribution in [0, 0.1) is 0 Å². The minimum atomic E-state index is -0.0421. The molecule has 2 aromatic rings. The summed E-state index contributed by atoms with van der Waals surface area (Å²) < 4.78 is 1.72. The molecule has 11 heteroatoms. The molecule has 2 rings (SSSR count). The first-order valence-electron chi connectivity index (χ1n) is 8.10. The normalized spacial score (nSPS) is 10.3. The van der Waals surface area contributed by atoms with Crippen molar-refractivity contribution in [1.29, 1.82) is 0 Å². The second kappa shape index (κ2) is 16.0. The van der Waals surface area contributed by atoms with E-state index in [9.17, 15) is 10.2 Å². The molecular formula is C18H17Br2FeN6O2+. The fraction of sp³-hybridized carbons (Fsp3) is 0.222. The Kier molecular flexibility index (Phi) is 15.0. The molecular weight excluding hydrogens is 548 g/mol. The van der Waals surface area contributed by atoms with E-state index in [1.54, 1.807) is 36.7 Å². The minimum Gasteiger partial charge on any atom is -0.872 e. The molecule has 0 aromatic heterocycles. The Bertz CT molecular complexity index is 795. The van der Waals surface area contributed by atoms with E-state index in [1.165, 1.54) is 17.0 Å². The molecule has 0 aliphatic heterocycles. The van der Waals surface area contributed by atoms with E-state index in [2.05, 4.69) is 47.2 Å². The third-order valence-electron chi connectivity index (χ3n) is 3.24. The minimum absolute atomic E-state index is 0. The van der Waals surface area contributed by atoms with Gasteiger partial charge in [0.15, 0.2) is 0 Å². The molecule has 2 aromatic carbocycles. The number of aliphatic imine (C=N–C) groups is 2. The van der Waals surface area contributed by atoms with Gasteiger partial charge in [-0.1, -0.05) is 55.5 Å². The monoisotopic (exact) mass is 563 g/mol. The molecule has 0 aliphatic carbocycles. The van der Waals surface area contributed by atoms with E-state index in [1.807, 2.05) is 0 Å². The van der Waals surface area contributed by atoms with Gasteiger partial charge in [0, 0.05) is 34.5 Å². The molecule has 8 nitrogen and oxygen atoms in total. The van der Waals surface area contributed by atoms with Gasteiger partial charge >= 0.3 is 17.1 Å². The van der Waals surface area contributed by atoms with Gasteiger partial charge in [-0.25, -0.2) is 0 Å². The molecule has 0 radical (unpaired) electrons. The average Bonchev–Trinajstić information content (AvgIpc) is 2.66. The van der Waals surface area contributed by atoms with Crippen molar-refractivity contribution in [2.75, 3.05) is 26.2 Å². The van der Waals surface area contributed by atoms with Gasteiger partial charge < -0.3 is 26.6 Å². The van der Waals surface area contributed by atoms with Crippen LogP contribution >= 0.6 is 31.9 Å². The summed E-state index contributed by atoms with van der Waals surface area (Å²) >= 11 is 6.66. The number of benzene rings is 2. The number of halogens is 2. The maximum Gasteiger partial charge on any atom is 4.00 e. The van der Waals surface area contributed by atoms with Gasteiger partial charge in [-0.05, 0) is 35.4 Å². The summed E-state index contributed by atoms with van der Waals surface area (Å²) in [5, 5.41) is 26.4. The Hall–Kier alpha value is -1.87. The zero-order chi connectivity index (χ0) is 20.8. The van der Waals surface area contributed by atoms with Crippen molar-refractivity contribution in [3.05, 3.63) is 72.4 Å². The van der Waals surface area contributed by atoms with Gasteiger partial charge in [-0.3, -0.25) is 14.9 Å². The number of rotatable bonds is 8. The van der Waals surface area contributed by atoms with Gasteiger partial charge in [-0.15, -0.1) is 0 Å². The molecule has 0 fully saturated rings. The maximum absolute atomic E-state index is 11.6. The second-order valence-corrected chi connectivity index (χ2v) is 7.11. The Labute approximate surface area is 196 Å². The van der Waals surface area contributed by atoms with E-state index in [4.69, 9.17) is 11.1 Å². The summed E-state index contributed by atoms with van der Waals surface area (Å²) in [6.07, 6.45) is 3.19. The third-order valence-corrected chi connectivity index (χ3v) is 4.23. The van der Waals surface area contributed by atoms with Crippen molar-refractivity contribution in [2.24, 2.45) is 9.98 Å². The van der Waals surface area contributed by atoms with Crippen molar-refractivity contribution < 1.29 is 27.3 Å². The van der Waals surface area contributed by atoms with Gasteiger partial charge in [0.05, 0.1) is 13.1 Å². The van der Waals surface area contributed by atoms with Crippen LogP contribution in [0.4, 0.5) is 0 Å². The van der Waals surface area contributed by atoms with Gasteiger partial charge in [0.2, 0.25) is 0 Å². The number of hydrogen-bond acceptors (Lipinski definition) is 5. The van der Waals surface area contributed by atoms with Crippen LogP contribution in [0.2, 0.25) is 0 Å². The first-order valence-corrected chi connectivity index (χ1v) is 9.68. The molecule has 29 heavy (non-hydrogen) atoms. The Morgan fingerprint density at radius 3 is 1.62 bits per heavy atom. The summed E-state index contributed by atoms with van der Waals surface area (Å²) in [7, 11) is 0. The average molecular weight is 565 g/mol. The summed E-state index contributed by atoms with van der Waals surface area (Å²) in [6, 6.07) is 9.96. The molecule has 0 bridgehead atoms. The third kappa shape index (κ3) is 11.7. The van der Waals surface area contributed by atoms with Gasteiger partial charge in [-0.2, -0.15) is 0 Å². The van der Waals surface area contributed by atoms with Crippen LogP contribution in [-0.2, 0) is 17.1 Å². The fourth-order valence-corrected chi connectivity index (χ4v) is 2.74. The van der Waals surface area contributed by atoms with E-state index in [-0.39, 0.29) is 28.6 Å². The Morgan fingerprint density at radius 1 is 0.862 bits per heavy atom. The van der Waals surface area contributed by atoms with E-state index in [0.29, 0.717) is 37.3 Å². The van der Waals surface area contributed by atoms with Crippen molar-refractivity contribution in [2.45, 2.75) is 0 Å². The molecule has 0 spiro atoms. The van der Waals surface area contributed by atoms with Crippen molar-refractivity contribution in [1.82, 2.24) is 5.32 Å². The summed E-state index contributed by atoms with van der Waals surface area (Å²) in [5.41, 5.74) is 14.6. The molecule has 0 saturated heterocycles. The van der Waals surface area contributed by atoms with Crippen LogP contribution in [0.1, 0.15) is 11.1 Å². The molecule has 0 saturated carbocycles. The van der Waals surface area contributed by atoms with Crippen molar-refractivity contribution in [3.63, 3.8) is 0 Å². The molecule has 0 heterocycles. The van der Waals surface area contributed by atoms with E-state index < -0.39 is 0 Å². The summed E-state index contributed by atoms with van der Waals surface area (Å²) in [6.45, 7) is 2.54. The zero-order valence-corrected chi connectivity index (χ0v) is 19.4. The standard InChI is InChI=1S/C18H19Br2N3O2.Fe.N3/c19-15-1-3-17(24)13(9-15)11-22-7-5-21-6-8-23-12-14-10-16(20)2-4-18(14)25;;1-3-2/h1-4,9-12,21,24-25H,5-8H2;;/q;+4;-1/p-2. The number of nitrogens with zero attached hydrogens (tertiary/aromatic N) is 5. The Balaban J connectivity index is 0.00000184. The maximum atomic E-state index is 11.6. The van der Waals surface area contributed by atoms with Crippen molar-refractivity contribution in [3.8, 4) is 11.5 Å². The van der Waals surface area contributed by atoms with Crippen LogP contribution in [0.15, 0.2) is 55.3 Å². The van der Waals surface area contributed by atoms with Crippen LogP contribution < -0.4 is 15.5 Å². The first kappa shape index (κ1) is 27.1. The first-order chi connectivity index (χ1) is 13.5. The topological polar surface area (TPSA) is 142 Å². The van der Waals surface area contributed by atoms with E-state index in [0.717, 1.165) is 8.95 Å². The summed E-state index contributed by atoms with van der Waals surface area (Å²) in [4.78, 5) is 9.97. The fourth-order valence-electron chi connectivity index (χ4n) is 1.98. The molecule has 0 aliphatic rings. The van der Waals surface area contributed by atoms with Gasteiger partial charge in [0.1, 0.15) is 0 Å². The molecule has 152 valence electrons. The second-order valence-electron chi connectivity index (χ2n) is 5.27. The number of hydrogen-bond donors (Lipinski definition) is 1. The molecule has 0 atom stereocenters. The van der Waals surface area contributed by atoms with Crippen molar-refractivity contribution >= 4 is 44.3 Å². The van der Waals surface area contributed by atoms with Crippen LogP contribution in [0.5, 0.6) is 11.5 Å². The van der Waals surface area contributed by atoms with Crippen LogP contribution in [0.3, 0.4) is 0 Å². The van der Waals surface area contributed by atoms with Crippen LogP contribution in [-0.4, -0.2) is 38.6 Å². The molecule has 0 unspecified atom stereocenters. The number of nitrogens with one attached hydrogen (secondary N) is 1. The van der Waals surface area contributed by atoms with Gasteiger partial charge in [0.25, 0.3) is 0 Å². The molecule has 0 amide bonds. The zero-order valence-electron chi connectivity index (χ0n) is 15.1. The van der Waals surface area contributed by atoms with Crippen LogP contribution in [0.25, 0.3) is 16.0 Å². The predicted octanol–water partition coefficient (Wildman–Crippen LogP) is 3.35. The Morgan fingerprint density at radius 2 is 1.24 bits per heavy atom.